The second-order valence-electron chi connectivity index (χ2n) is 7.64. The molecule has 12 nitrogen and oxygen atoms in total. The van der Waals surface area contributed by atoms with Crippen LogP contribution in [0.2, 0.25) is 0 Å². The molecule has 1 aromatic carbocycles. The molecule has 12 heteroatoms. The van der Waals surface area contributed by atoms with Gasteiger partial charge >= 0.3 is 11.9 Å². The number of carbonyl (C=O) groups excluding carboxylic acids is 1. The molecule has 0 saturated carbocycles. The van der Waals surface area contributed by atoms with Gasteiger partial charge in [0.2, 0.25) is 0 Å². The number of benzene rings is 1. The first-order valence-corrected chi connectivity index (χ1v) is 10.1. The van der Waals surface area contributed by atoms with Crippen LogP contribution in [-0.2, 0) is 9.59 Å². The molecule has 2 unspecified atom stereocenters. The number of aliphatic imine (C=N–C) groups is 1. The van der Waals surface area contributed by atoms with Gasteiger partial charge in [-0.3, -0.25) is 9.59 Å². The Morgan fingerprint density at radius 1 is 1.21 bits per heavy atom. The van der Waals surface area contributed by atoms with Crippen molar-refractivity contribution in [2.75, 3.05) is 18.9 Å². The number of hydrogen-bond donors (Lipinski definition) is 7. The fourth-order valence-corrected chi connectivity index (χ4v) is 3.50. The number of nitrogen functional groups attached to an aromatic ring is 1. The molecule has 1 aromatic heterocycles. The van der Waals surface area contributed by atoms with Crippen LogP contribution in [0.5, 0.6) is 0 Å². The lowest BCUT2D eigenvalue weighted by atomic mass is 9.97. The zero-order valence-electron chi connectivity index (χ0n) is 17.5. The molecule has 2 aromatic rings. The summed E-state index contributed by atoms with van der Waals surface area (Å²) in [6.07, 6.45) is -0.174. The van der Waals surface area contributed by atoms with E-state index >= 15 is 0 Å². The molecule has 33 heavy (non-hydrogen) atoms. The molecule has 0 aliphatic carbocycles. The maximum absolute atomic E-state index is 12.4. The molecule has 0 spiro atoms. The Bertz CT molecular complexity index is 1050. The van der Waals surface area contributed by atoms with E-state index in [2.05, 4.69) is 15.3 Å². The van der Waals surface area contributed by atoms with Crippen LogP contribution in [0.15, 0.2) is 35.3 Å². The summed E-state index contributed by atoms with van der Waals surface area (Å²) in [4.78, 5) is 42.9. The summed E-state index contributed by atoms with van der Waals surface area (Å²) in [6.45, 7) is -0.00543. The van der Waals surface area contributed by atoms with Gasteiger partial charge in [-0.25, -0.2) is 9.79 Å². The molecule has 0 bridgehead atoms. The number of nitrogens with two attached hydrogens (primary N) is 1. The molecule has 3 rings (SSSR count). The standard InChI is InChI=1S/C21H25N5O7/c22-16-7-14-18(25-16)23-10-26(20(14)31)8-13(9-27)11-1-3-12(4-2-11)19(30)24-15(21(32)33)5-6-17(28)29/h1-4,7,10,13,15,20,25,27,31H,5-6,8-9,22H2,(H,24,30)(H,28,29)(H,32,33)/t13?,15-,20?/m0/s1. The Kier molecular flexibility index (Phi) is 7.30. The largest absolute Gasteiger partial charge is 0.481 e. The summed E-state index contributed by atoms with van der Waals surface area (Å²) in [5.74, 6) is -2.71. The number of amides is 1. The van der Waals surface area contributed by atoms with Crippen LogP contribution >= 0.6 is 0 Å². The Hall–Kier alpha value is -3.90. The van der Waals surface area contributed by atoms with Gasteiger partial charge in [0, 0.05) is 30.0 Å². The number of aromatic amines is 1. The molecule has 0 fully saturated rings. The van der Waals surface area contributed by atoms with E-state index in [1.54, 1.807) is 23.1 Å². The predicted octanol–water partition coefficient (Wildman–Crippen LogP) is 0.387. The van der Waals surface area contributed by atoms with Crippen LogP contribution in [-0.4, -0.2) is 73.7 Å². The number of aromatic nitrogens is 1. The Labute approximate surface area is 188 Å². The van der Waals surface area contributed by atoms with Gasteiger partial charge in [-0.2, -0.15) is 0 Å². The molecule has 3 atom stereocenters. The number of hydrogen-bond acceptors (Lipinski definition) is 8. The lowest BCUT2D eigenvalue weighted by molar-refractivity contribution is -0.140. The molecule has 176 valence electrons. The van der Waals surface area contributed by atoms with E-state index in [9.17, 15) is 29.7 Å². The van der Waals surface area contributed by atoms with Crippen molar-refractivity contribution in [3.05, 3.63) is 47.0 Å². The fraction of sp³-hybridized carbons (Fsp3) is 0.333. The summed E-state index contributed by atoms with van der Waals surface area (Å²) in [7, 11) is 0. The molecular weight excluding hydrogens is 434 g/mol. The topological polar surface area (TPSA) is 202 Å². The number of aliphatic hydroxyl groups excluding tert-OH is 2. The Morgan fingerprint density at radius 3 is 2.52 bits per heavy atom. The monoisotopic (exact) mass is 459 g/mol. The molecule has 1 amide bonds. The van der Waals surface area contributed by atoms with Gasteiger partial charge in [0.05, 0.1) is 12.9 Å². The van der Waals surface area contributed by atoms with Gasteiger partial charge in [0.1, 0.15) is 17.7 Å². The Balaban J connectivity index is 1.65. The lowest BCUT2D eigenvalue weighted by Crippen LogP contribution is -2.41. The quantitative estimate of drug-likeness (QED) is 0.262. The van der Waals surface area contributed by atoms with Crippen LogP contribution in [0.25, 0.3) is 0 Å². The summed E-state index contributed by atoms with van der Waals surface area (Å²) >= 11 is 0. The van der Waals surface area contributed by atoms with E-state index in [-0.39, 0.29) is 25.1 Å². The summed E-state index contributed by atoms with van der Waals surface area (Å²) in [6, 6.07) is 6.47. The highest BCUT2D eigenvalue weighted by Crippen LogP contribution is 2.33. The van der Waals surface area contributed by atoms with Crippen molar-refractivity contribution >= 4 is 35.8 Å². The average molecular weight is 459 g/mol. The van der Waals surface area contributed by atoms with Crippen LogP contribution in [0, 0.1) is 0 Å². The van der Waals surface area contributed by atoms with Crippen molar-refractivity contribution < 1.29 is 34.8 Å². The average Bonchev–Trinajstić information content (AvgIpc) is 3.17. The van der Waals surface area contributed by atoms with Crippen molar-refractivity contribution in [3.8, 4) is 0 Å². The number of nitrogens with zero attached hydrogens (tertiary/aromatic N) is 2. The summed E-state index contributed by atoms with van der Waals surface area (Å²) in [5.41, 5.74) is 7.11. The third kappa shape index (κ3) is 5.67. The van der Waals surface area contributed by atoms with Crippen molar-refractivity contribution in [1.29, 1.82) is 0 Å². The minimum absolute atomic E-state index is 0.184. The number of anilines is 1. The molecule has 1 aliphatic heterocycles. The van der Waals surface area contributed by atoms with Gasteiger partial charge in [0.25, 0.3) is 5.91 Å². The van der Waals surface area contributed by atoms with Crippen molar-refractivity contribution in [2.45, 2.75) is 31.0 Å². The predicted molar refractivity (Wildman–Crippen MR) is 117 cm³/mol. The molecule has 8 N–H and O–H groups in total. The van der Waals surface area contributed by atoms with E-state index in [1.807, 2.05) is 0 Å². The van der Waals surface area contributed by atoms with Crippen molar-refractivity contribution in [2.24, 2.45) is 4.99 Å². The normalized spacial score (nSPS) is 16.7. The SMILES string of the molecule is Nc1cc2c([nH]1)N=CN(CC(CO)c1ccc(C(=O)N[C@@H](CCC(=O)O)C(=O)O)cc1)C2O. The van der Waals surface area contributed by atoms with Gasteiger partial charge < -0.3 is 41.4 Å². The second-order valence-corrected chi connectivity index (χ2v) is 7.64. The third-order valence-corrected chi connectivity index (χ3v) is 5.32. The zero-order valence-corrected chi connectivity index (χ0v) is 17.5. The molecule has 0 radical (unpaired) electrons. The highest BCUT2D eigenvalue weighted by Gasteiger charge is 2.27. The number of carboxylic acids is 2. The van der Waals surface area contributed by atoms with Crippen LogP contribution in [0.4, 0.5) is 11.6 Å². The van der Waals surface area contributed by atoms with Gasteiger partial charge in [-0.05, 0) is 30.2 Å². The number of fused-ring (bicyclic) bond motifs is 1. The number of carbonyl (C=O) groups is 3. The van der Waals surface area contributed by atoms with Crippen LogP contribution < -0.4 is 11.1 Å². The van der Waals surface area contributed by atoms with Gasteiger partial charge in [0.15, 0.2) is 6.23 Å². The van der Waals surface area contributed by atoms with E-state index in [0.29, 0.717) is 22.8 Å². The number of nitrogens with one attached hydrogen (secondary N) is 2. The van der Waals surface area contributed by atoms with E-state index in [4.69, 9.17) is 10.8 Å². The minimum atomic E-state index is -1.33. The molecule has 0 saturated heterocycles. The van der Waals surface area contributed by atoms with E-state index in [0.717, 1.165) is 0 Å². The maximum Gasteiger partial charge on any atom is 0.326 e. The second kappa shape index (κ2) is 10.1. The zero-order chi connectivity index (χ0) is 24.1. The molecular formula is C21H25N5O7. The van der Waals surface area contributed by atoms with Gasteiger partial charge in [-0.15, -0.1) is 0 Å². The summed E-state index contributed by atoms with van der Waals surface area (Å²) < 4.78 is 0. The maximum atomic E-state index is 12.4. The summed E-state index contributed by atoms with van der Waals surface area (Å²) in [5, 5.41) is 40.7. The smallest absolute Gasteiger partial charge is 0.326 e. The van der Waals surface area contributed by atoms with Crippen LogP contribution in [0.3, 0.4) is 0 Å². The Morgan fingerprint density at radius 2 is 1.91 bits per heavy atom. The van der Waals surface area contributed by atoms with E-state index in [1.165, 1.54) is 18.5 Å². The highest BCUT2D eigenvalue weighted by molar-refractivity contribution is 5.96. The highest BCUT2D eigenvalue weighted by atomic mass is 16.4. The van der Waals surface area contributed by atoms with Crippen LogP contribution in [0.1, 0.15) is 46.5 Å². The number of aliphatic hydroxyl groups is 2. The molecule has 2 heterocycles. The lowest BCUT2D eigenvalue weighted by Gasteiger charge is -2.31. The fourth-order valence-electron chi connectivity index (χ4n) is 3.50. The number of H-pyrrole nitrogens is 1. The first kappa shape index (κ1) is 23.8. The first-order valence-electron chi connectivity index (χ1n) is 10.1. The minimum Gasteiger partial charge on any atom is -0.481 e. The number of rotatable bonds is 10. The first-order chi connectivity index (χ1) is 15.7. The number of carboxylic acid groups (broad SMARTS) is 2. The third-order valence-electron chi connectivity index (χ3n) is 5.32. The van der Waals surface area contributed by atoms with E-state index < -0.39 is 42.5 Å². The van der Waals surface area contributed by atoms with Crippen molar-refractivity contribution in [3.63, 3.8) is 0 Å². The van der Waals surface area contributed by atoms with Gasteiger partial charge in [-0.1, -0.05) is 12.1 Å². The van der Waals surface area contributed by atoms with Crippen molar-refractivity contribution in [1.82, 2.24) is 15.2 Å². The molecule has 1 aliphatic rings. The number of aliphatic carboxylic acids is 2.